The zero-order chi connectivity index (χ0) is 17.4. The lowest BCUT2D eigenvalue weighted by Gasteiger charge is -1.96. The van der Waals surface area contributed by atoms with Crippen LogP contribution in [0.3, 0.4) is 0 Å². The molecular formula is C19H14Br2N2O. The summed E-state index contributed by atoms with van der Waals surface area (Å²) in [6, 6.07) is 20.0. The molecule has 2 heterocycles. The molecule has 0 N–H and O–H groups in total. The Bertz CT molecular complexity index is 856. The van der Waals surface area contributed by atoms with Gasteiger partial charge in [0.05, 0.1) is 11.0 Å². The van der Waals surface area contributed by atoms with Crippen molar-refractivity contribution in [1.29, 1.82) is 0 Å². The van der Waals surface area contributed by atoms with Gasteiger partial charge in [-0.15, -0.1) is 0 Å². The minimum Gasteiger partial charge on any atom is -0.307 e. The lowest BCUT2D eigenvalue weighted by molar-refractivity contribution is -0.0979. The highest BCUT2D eigenvalue weighted by Crippen LogP contribution is 2.21. The van der Waals surface area contributed by atoms with Crippen molar-refractivity contribution in [2.75, 3.05) is 0 Å². The molecule has 0 spiro atoms. The molecule has 0 unspecified atom stereocenters. The van der Waals surface area contributed by atoms with E-state index in [9.17, 15) is 0 Å². The maximum atomic E-state index is 8.00. The Morgan fingerprint density at radius 3 is 1.38 bits per heavy atom. The molecule has 0 atom stereocenters. The van der Waals surface area contributed by atoms with Crippen molar-refractivity contribution in [3.8, 4) is 0 Å². The summed E-state index contributed by atoms with van der Waals surface area (Å²) in [6.07, 6.45) is 3.60. The highest BCUT2D eigenvalue weighted by atomic mass is 79.9. The summed E-state index contributed by atoms with van der Waals surface area (Å²) in [6.45, 7) is 2.00. The standard InChI is InChI=1S/2C9H6BrN.CH2O/c2*10-8-5-6-11-9-4-2-1-3-7(8)9;1-2/h2*1-6H;1H2. The first-order chi connectivity index (χ1) is 11.8. The largest absolute Gasteiger partial charge is 0.307 e. The third-order valence-electron chi connectivity index (χ3n) is 3.19. The average molecular weight is 446 g/mol. The maximum absolute atomic E-state index is 8.00. The SMILES string of the molecule is Brc1ccnc2ccccc12.Brc1ccnc2ccccc12.C=O. The Balaban J connectivity index is 0.000000158. The first-order valence-corrected chi connectivity index (χ1v) is 8.61. The number of fused-ring (bicyclic) bond motifs is 2. The number of carbonyl (C=O) groups excluding carboxylic acids is 1. The van der Waals surface area contributed by atoms with E-state index in [1.807, 2.05) is 67.5 Å². The summed E-state index contributed by atoms with van der Waals surface area (Å²) in [5.74, 6) is 0. The van der Waals surface area contributed by atoms with Crippen molar-refractivity contribution in [1.82, 2.24) is 9.97 Å². The number of hydrogen-bond acceptors (Lipinski definition) is 3. The molecule has 0 aliphatic rings. The fourth-order valence-corrected chi connectivity index (χ4v) is 3.03. The van der Waals surface area contributed by atoms with Gasteiger partial charge in [0.15, 0.2) is 0 Å². The number of nitrogens with zero attached hydrogens (tertiary/aromatic N) is 2. The summed E-state index contributed by atoms with van der Waals surface area (Å²) >= 11 is 6.91. The third kappa shape index (κ3) is 4.46. The van der Waals surface area contributed by atoms with Crippen molar-refractivity contribution in [2.24, 2.45) is 0 Å². The van der Waals surface area contributed by atoms with E-state index < -0.39 is 0 Å². The van der Waals surface area contributed by atoms with Gasteiger partial charge < -0.3 is 4.79 Å². The second-order valence-electron chi connectivity index (χ2n) is 4.62. The summed E-state index contributed by atoms with van der Waals surface area (Å²) in [5.41, 5.74) is 2.06. The van der Waals surface area contributed by atoms with Crippen LogP contribution in [0, 0.1) is 0 Å². The lowest BCUT2D eigenvalue weighted by atomic mass is 10.2. The zero-order valence-corrected chi connectivity index (χ0v) is 15.9. The number of rotatable bonds is 0. The Kier molecular flexibility index (Phi) is 7.03. The number of hydrogen-bond donors (Lipinski definition) is 0. The lowest BCUT2D eigenvalue weighted by Crippen LogP contribution is -1.76. The predicted octanol–water partition coefficient (Wildman–Crippen LogP) is 5.81. The second kappa shape index (κ2) is 9.25. The molecule has 0 saturated carbocycles. The van der Waals surface area contributed by atoms with Crippen LogP contribution in [0.15, 0.2) is 82.0 Å². The molecule has 2 aromatic carbocycles. The van der Waals surface area contributed by atoms with Crippen LogP contribution >= 0.6 is 31.9 Å². The Hall–Kier alpha value is -2.11. The van der Waals surface area contributed by atoms with Gasteiger partial charge in [0.2, 0.25) is 0 Å². The molecule has 2 aromatic heterocycles. The highest BCUT2D eigenvalue weighted by Gasteiger charge is 1.95. The highest BCUT2D eigenvalue weighted by molar-refractivity contribution is 9.11. The molecule has 24 heavy (non-hydrogen) atoms. The summed E-state index contributed by atoms with van der Waals surface area (Å²) in [7, 11) is 0. The van der Waals surface area contributed by atoms with E-state index in [0.717, 1.165) is 30.8 Å². The molecule has 0 radical (unpaired) electrons. The van der Waals surface area contributed by atoms with Gasteiger partial charge in [-0.25, -0.2) is 0 Å². The summed E-state index contributed by atoms with van der Waals surface area (Å²) in [5, 5.41) is 2.32. The Morgan fingerprint density at radius 1 is 0.625 bits per heavy atom. The number of benzene rings is 2. The van der Waals surface area contributed by atoms with E-state index in [-0.39, 0.29) is 0 Å². The zero-order valence-electron chi connectivity index (χ0n) is 12.7. The van der Waals surface area contributed by atoms with Crippen molar-refractivity contribution < 1.29 is 4.79 Å². The van der Waals surface area contributed by atoms with Gasteiger partial charge in [-0.05, 0) is 24.3 Å². The van der Waals surface area contributed by atoms with E-state index in [1.165, 1.54) is 0 Å². The molecule has 120 valence electrons. The third-order valence-corrected chi connectivity index (χ3v) is 4.57. The molecule has 0 aliphatic carbocycles. The van der Waals surface area contributed by atoms with Crippen molar-refractivity contribution in [3.05, 3.63) is 82.0 Å². The Morgan fingerprint density at radius 2 is 1.00 bits per heavy atom. The van der Waals surface area contributed by atoms with Crippen LogP contribution < -0.4 is 0 Å². The molecule has 4 rings (SSSR count). The monoisotopic (exact) mass is 444 g/mol. The van der Waals surface area contributed by atoms with Crippen LogP contribution in [-0.4, -0.2) is 16.8 Å². The summed E-state index contributed by atoms with van der Waals surface area (Å²) in [4.78, 5) is 16.4. The molecule has 5 heteroatoms. The Labute approximate surface area is 157 Å². The summed E-state index contributed by atoms with van der Waals surface area (Å²) < 4.78 is 2.20. The van der Waals surface area contributed by atoms with E-state index in [2.05, 4.69) is 41.8 Å². The van der Waals surface area contributed by atoms with Crippen LogP contribution in [0.4, 0.5) is 0 Å². The molecule has 0 saturated heterocycles. The second-order valence-corrected chi connectivity index (χ2v) is 6.33. The minimum atomic E-state index is 1.03. The predicted molar refractivity (Wildman–Crippen MR) is 106 cm³/mol. The molecule has 0 amide bonds. The van der Waals surface area contributed by atoms with Crippen LogP contribution in [-0.2, 0) is 4.79 Å². The normalized spacial score (nSPS) is 9.58. The van der Waals surface area contributed by atoms with Gasteiger partial charge in [0.1, 0.15) is 6.79 Å². The van der Waals surface area contributed by atoms with Crippen LogP contribution in [0.2, 0.25) is 0 Å². The van der Waals surface area contributed by atoms with Gasteiger partial charge >= 0.3 is 0 Å². The smallest absolute Gasteiger partial charge is 0.106 e. The van der Waals surface area contributed by atoms with Gasteiger partial charge in [0, 0.05) is 32.1 Å². The van der Waals surface area contributed by atoms with E-state index in [0.29, 0.717) is 0 Å². The van der Waals surface area contributed by atoms with Crippen molar-refractivity contribution in [3.63, 3.8) is 0 Å². The maximum Gasteiger partial charge on any atom is 0.106 e. The molecule has 0 bridgehead atoms. The van der Waals surface area contributed by atoms with Crippen LogP contribution in [0.1, 0.15) is 0 Å². The van der Waals surface area contributed by atoms with Gasteiger partial charge in [-0.2, -0.15) is 0 Å². The minimum absolute atomic E-state index is 1.03. The van der Waals surface area contributed by atoms with E-state index >= 15 is 0 Å². The van der Waals surface area contributed by atoms with Gasteiger partial charge in [0.25, 0.3) is 0 Å². The number of para-hydroxylation sites is 2. The number of carbonyl (C=O) groups is 1. The molecule has 3 nitrogen and oxygen atoms in total. The van der Waals surface area contributed by atoms with Gasteiger partial charge in [-0.1, -0.05) is 68.3 Å². The molecule has 4 aromatic rings. The number of halogens is 2. The fraction of sp³-hybridized carbons (Fsp3) is 0. The molecular weight excluding hydrogens is 432 g/mol. The molecule has 0 aliphatic heterocycles. The van der Waals surface area contributed by atoms with Crippen molar-refractivity contribution in [2.45, 2.75) is 0 Å². The van der Waals surface area contributed by atoms with Gasteiger partial charge in [-0.3, -0.25) is 9.97 Å². The number of aromatic nitrogens is 2. The first kappa shape index (κ1) is 18.2. The fourth-order valence-electron chi connectivity index (χ4n) is 2.12. The molecule has 0 fully saturated rings. The topological polar surface area (TPSA) is 42.9 Å². The van der Waals surface area contributed by atoms with Crippen LogP contribution in [0.25, 0.3) is 21.8 Å². The quantitative estimate of drug-likeness (QED) is 0.343. The average Bonchev–Trinajstić information content (AvgIpc) is 2.65. The van der Waals surface area contributed by atoms with E-state index in [1.54, 1.807) is 12.4 Å². The van der Waals surface area contributed by atoms with Crippen LogP contribution in [0.5, 0.6) is 0 Å². The first-order valence-electron chi connectivity index (χ1n) is 7.03. The van der Waals surface area contributed by atoms with Crippen molar-refractivity contribution >= 4 is 60.5 Å². The number of pyridine rings is 2. The van der Waals surface area contributed by atoms with E-state index in [4.69, 9.17) is 4.79 Å².